The van der Waals surface area contributed by atoms with Gasteiger partial charge in [0.05, 0.1) is 18.4 Å². The zero-order valence-electron chi connectivity index (χ0n) is 9.28. The molecule has 0 bridgehead atoms. The standard InChI is InChI=1S/C9H19O4P/c1-5-12-14(11,13-6-2)9(3,4)7-8-10/h8H,5-7H2,1-4H3. The number of hydrogen-bond donors (Lipinski definition) is 0. The van der Waals surface area contributed by atoms with E-state index in [-0.39, 0.29) is 6.42 Å². The van der Waals surface area contributed by atoms with E-state index >= 15 is 0 Å². The number of rotatable bonds is 7. The fourth-order valence-corrected chi connectivity index (χ4v) is 2.79. The first-order valence-electron chi connectivity index (χ1n) is 4.76. The maximum absolute atomic E-state index is 12.2. The molecule has 0 aromatic carbocycles. The van der Waals surface area contributed by atoms with E-state index in [1.54, 1.807) is 27.7 Å². The fourth-order valence-electron chi connectivity index (χ4n) is 1.04. The molecule has 0 saturated carbocycles. The molecule has 0 aliphatic rings. The lowest BCUT2D eigenvalue weighted by Gasteiger charge is -2.30. The van der Waals surface area contributed by atoms with Gasteiger partial charge in [-0.2, -0.15) is 0 Å². The first-order valence-corrected chi connectivity index (χ1v) is 6.30. The van der Waals surface area contributed by atoms with E-state index in [0.717, 1.165) is 6.29 Å². The molecule has 0 aromatic rings. The van der Waals surface area contributed by atoms with Gasteiger partial charge in [0.25, 0.3) is 0 Å². The Morgan fingerprint density at radius 1 is 1.21 bits per heavy atom. The van der Waals surface area contributed by atoms with Gasteiger partial charge in [0.15, 0.2) is 0 Å². The molecule has 0 radical (unpaired) electrons. The third-order valence-corrected chi connectivity index (χ3v) is 4.78. The molecule has 4 nitrogen and oxygen atoms in total. The Balaban J connectivity index is 4.77. The van der Waals surface area contributed by atoms with Gasteiger partial charge in [0, 0.05) is 6.42 Å². The van der Waals surface area contributed by atoms with Crippen LogP contribution in [0.25, 0.3) is 0 Å². The van der Waals surface area contributed by atoms with Crippen molar-refractivity contribution in [3.63, 3.8) is 0 Å². The molecule has 0 rings (SSSR count). The summed E-state index contributed by atoms with van der Waals surface area (Å²) in [5.74, 6) is 0. The summed E-state index contributed by atoms with van der Waals surface area (Å²) in [4.78, 5) is 10.4. The van der Waals surface area contributed by atoms with Crippen molar-refractivity contribution >= 4 is 13.9 Å². The van der Waals surface area contributed by atoms with Gasteiger partial charge in [-0.15, -0.1) is 0 Å². The first-order chi connectivity index (χ1) is 6.43. The normalized spacial score (nSPS) is 12.9. The molecule has 0 amide bonds. The van der Waals surface area contributed by atoms with Crippen molar-refractivity contribution in [3.05, 3.63) is 0 Å². The quantitative estimate of drug-likeness (QED) is 0.490. The topological polar surface area (TPSA) is 52.6 Å². The van der Waals surface area contributed by atoms with Gasteiger partial charge in [-0.05, 0) is 27.7 Å². The Bertz CT molecular complexity index is 215. The van der Waals surface area contributed by atoms with Crippen molar-refractivity contribution in [2.75, 3.05) is 13.2 Å². The highest BCUT2D eigenvalue weighted by Gasteiger charge is 2.42. The Kier molecular flexibility index (Phi) is 5.57. The van der Waals surface area contributed by atoms with Gasteiger partial charge in [0.1, 0.15) is 6.29 Å². The van der Waals surface area contributed by atoms with Crippen LogP contribution in [0.1, 0.15) is 34.1 Å². The first kappa shape index (κ1) is 13.8. The van der Waals surface area contributed by atoms with Crippen LogP contribution < -0.4 is 0 Å². The Hall–Kier alpha value is -0.180. The summed E-state index contributed by atoms with van der Waals surface area (Å²) in [7, 11) is -3.17. The molecule has 0 unspecified atom stereocenters. The van der Waals surface area contributed by atoms with Crippen molar-refractivity contribution in [2.45, 2.75) is 39.3 Å². The Morgan fingerprint density at radius 2 is 1.64 bits per heavy atom. The zero-order valence-corrected chi connectivity index (χ0v) is 10.2. The molecule has 0 fully saturated rings. The van der Waals surface area contributed by atoms with Crippen LogP contribution in [0, 0.1) is 0 Å². The van der Waals surface area contributed by atoms with Gasteiger partial charge in [-0.25, -0.2) is 0 Å². The van der Waals surface area contributed by atoms with E-state index in [1.165, 1.54) is 0 Å². The Labute approximate surface area is 85.5 Å². The molecule has 0 N–H and O–H groups in total. The second-order valence-corrected chi connectivity index (χ2v) is 6.24. The van der Waals surface area contributed by atoms with Crippen LogP contribution in [0.2, 0.25) is 0 Å². The van der Waals surface area contributed by atoms with Crippen LogP contribution in [0.5, 0.6) is 0 Å². The molecule has 0 spiro atoms. The molecule has 0 aliphatic carbocycles. The highest BCUT2D eigenvalue weighted by atomic mass is 31.2. The van der Waals surface area contributed by atoms with Crippen LogP contribution in [-0.4, -0.2) is 24.7 Å². The molecular formula is C9H19O4P. The lowest BCUT2D eigenvalue weighted by Crippen LogP contribution is -2.24. The van der Waals surface area contributed by atoms with E-state index in [0.29, 0.717) is 13.2 Å². The monoisotopic (exact) mass is 222 g/mol. The minimum absolute atomic E-state index is 0.171. The van der Waals surface area contributed by atoms with E-state index < -0.39 is 12.8 Å². The smallest absolute Gasteiger partial charge is 0.308 e. The fraction of sp³-hybridized carbons (Fsp3) is 0.889. The summed E-state index contributed by atoms with van der Waals surface area (Å²) < 4.78 is 22.5. The maximum atomic E-state index is 12.2. The van der Waals surface area contributed by atoms with E-state index in [1.807, 2.05) is 0 Å². The molecular weight excluding hydrogens is 203 g/mol. The minimum Gasteiger partial charge on any atom is -0.308 e. The lowest BCUT2D eigenvalue weighted by atomic mass is 10.1. The highest BCUT2D eigenvalue weighted by molar-refractivity contribution is 7.55. The molecule has 5 heteroatoms. The number of hydrogen-bond acceptors (Lipinski definition) is 4. The lowest BCUT2D eigenvalue weighted by molar-refractivity contribution is -0.108. The van der Waals surface area contributed by atoms with Gasteiger partial charge < -0.3 is 13.8 Å². The SMILES string of the molecule is CCOP(=O)(OCC)C(C)(C)CC=O. The molecule has 0 aliphatic heterocycles. The summed E-state index contributed by atoms with van der Waals surface area (Å²) in [6, 6.07) is 0. The highest BCUT2D eigenvalue weighted by Crippen LogP contribution is 2.60. The summed E-state index contributed by atoms with van der Waals surface area (Å²) in [5, 5.41) is -0.749. The average molecular weight is 222 g/mol. The van der Waals surface area contributed by atoms with Crippen molar-refractivity contribution in [1.82, 2.24) is 0 Å². The van der Waals surface area contributed by atoms with Crippen molar-refractivity contribution in [2.24, 2.45) is 0 Å². The third-order valence-electron chi connectivity index (χ3n) is 1.92. The van der Waals surface area contributed by atoms with E-state index in [9.17, 15) is 9.36 Å². The van der Waals surface area contributed by atoms with Crippen LogP contribution in [-0.2, 0) is 18.4 Å². The molecule has 0 heterocycles. The Morgan fingerprint density at radius 3 is 1.93 bits per heavy atom. The van der Waals surface area contributed by atoms with Gasteiger partial charge in [-0.1, -0.05) is 0 Å². The van der Waals surface area contributed by atoms with Gasteiger partial charge in [0.2, 0.25) is 0 Å². The van der Waals surface area contributed by atoms with Crippen molar-refractivity contribution in [1.29, 1.82) is 0 Å². The maximum Gasteiger partial charge on any atom is 0.336 e. The van der Waals surface area contributed by atoms with Crippen LogP contribution in [0.3, 0.4) is 0 Å². The number of carbonyl (C=O) groups excluding carboxylic acids is 1. The predicted molar refractivity (Wildman–Crippen MR) is 55.6 cm³/mol. The van der Waals surface area contributed by atoms with Gasteiger partial charge >= 0.3 is 7.60 Å². The summed E-state index contributed by atoms with van der Waals surface area (Å²) >= 11 is 0. The molecule has 0 aromatic heterocycles. The van der Waals surface area contributed by atoms with Crippen LogP contribution in [0.4, 0.5) is 0 Å². The molecule has 84 valence electrons. The van der Waals surface area contributed by atoms with Crippen LogP contribution >= 0.6 is 7.60 Å². The summed E-state index contributed by atoms with van der Waals surface area (Å²) in [6.07, 6.45) is 0.912. The molecule has 0 saturated heterocycles. The second kappa shape index (κ2) is 5.64. The van der Waals surface area contributed by atoms with E-state index in [2.05, 4.69) is 0 Å². The molecule has 14 heavy (non-hydrogen) atoms. The minimum atomic E-state index is -3.17. The summed E-state index contributed by atoms with van der Waals surface area (Å²) in [6.45, 7) is 7.57. The number of aldehydes is 1. The second-order valence-electron chi connectivity index (χ2n) is 3.52. The van der Waals surface area contributed by atoms with Gasteiger partial charge in [-0.3, -0.25) is 4.57 Å². The number of carbonyl (C=O) groups is 1. The average Bonchev–Trinajstić information content (AvgIpc) is 2.04. The van der Waals surface area contributed by atoms with Crippen LogP contribution in [0.15, 0.2) is 0 Å². The van der Waals surface area contributed by atoms with Crippen molar-refractivity contribution in [3.8, 4) is 0 Å². The van der Waals surface area contributed by atoms with E-state index in [4.69, 9.17) is 9.05 Å². The predicted octanol–water partition coefficient (Wildman–Crippen LogP) is 2.62. The molecule has 0 atom stereocenters. The largest absolute Gasteiger partial charge is 0.336 e. The van der Waals surface area contributed by atoms with Crippen molar-refractivity contribution < 1.29 is 18.4 Å². The summed E-state index contributed by atoms with van der Waals surface area (Å²) in [5.41, 5.74) is 0. The third kappa shape index (κ3) is 3.19. The zero-order chi connectivity index (χ0) is 11.2.